The Morgan fingerprint density at radius 2 is 2.00 bits per heavy atom. The summed E-state index contributed by atoms with van der Waals surface area (Å²) in [7, 11) is 0. The lowest BCUT2D eigenvalue weighted by Crippen LogP contribution is -2.51. The van der Waals surface area contributed by atoms with E-state index in [1.54, 1.807) is 6.07 Å². The molecule has 3 rings (SSSR count). The van der Waals surface area contributed by atoms with Crippen molar-refractivity contribution in [3.8, 4) is 0 Å². The maximum absolute atomic E-state index is 12.7. The fourth-order valence-electron chi connectivity index (χ4n) is 3.33. The van der Waals surface area contributed by atoms with Crippen molar-refractivity contribution in [3.63, 3.8) is 0 Å². The molecule has 1 spiro atoms. The van der Waals surface area contributed by atoms with Crippen LogP contribution in [0.4, 0.5) is 4.79 Å². The fraction of sp³-hybridized carbons (Fsp3) is 0.562. The van der Waals surface area contributed by atoms with Crippen molar-refractivity contribution in [2.24, 2.45) is 5.92 Å². The number of hydrogen-bond acceptors (Lipinski definition) is 4. The molecule has 1 aliphatic heterocycles. The van der Waals surface area contributed by atoms with Gasteiger partial charge in [-0.05, 0) is 51.5 Å². The van der Waals surface area contributed by atoms with E-state index in [4.69, 9.17) is 0 Å². The van der Waals surface area contributed by atoms with Crippen LogP contribution in [0.3, 0.4) is 0 Å². The first-order chi connectivity index (χ1) is 10.8. The first-order valence-electron chi connectivity index (χ1n) is 7.87. The number of urea groups is 1. The molecule has 7 heteroatoms. The summed E-state index contributed by atoms with van der Waals surface area (Å²) in [6.07, 6.45) is 3.05. The zero-order chi connectivity index (χ0) is 16.8. The summed E-state index contributed by atoms with van der Waals surface area (Å²) in [5.41, 5.74) is 2.14. The van der Waals surface area contributed by atoms with Gasteiger partial charge in [-0.3, -0.25) is 15.0 Å². The summed E-state index contributed by atoms with van der Waals surface area (Å²) in [5.74, 6) is -0.200. The largest absolute Gasteiger partial charge is 0.344 e. The average Bonchev–Trinajstić information content (AvgIpc) is 2.94. The third-order valence-electron chi connectivity index (χ3n) is 4.79. The molecular weight excluding hydrogens is 314 g/mol. The molecule has 2 fully saturated rings. The van der Waals surface area contributed by atoms with E-state index in [0.29, 0.717) is 24.3 Å². The topological polar surface area (TPSA) is 78.5 Å². The summed E-state index contributed by atoms with van der Waals surface area (Å²) < 4.78 is 0. The van der Waals surface area contributed by atoms with Crippen LogP contribution >= 0.6 is 11.3 Å². The van der Waals surface area contributed by atoms with Crippen molar-refractivity contribution < 1.29 is 14.4 Å². The molecule has 0 bridgehead atoms. The van der Waals surface area contributed by atoms with Gasteiger partial charge in [0.05, 0.1) is 5.56 Å². The van der Waals surface area contributed by atoms with Gasteiger partial charge >= 0.3 is 6.03 Å². The average molecular weight is 335 g/mol. The Bertz CT molecular complexity index is 674. The van der Waals surface area contributed by atoms with Crippen LogP contribution in [-0.4, -0.2) is 28.4 Å². The summed E-state index contributed by atoms with van der Waals surface area (Å²) in [4.78, 5) is 39.1. The first kappa shape index (κ1) is 16.0. The molecule has 2 N–H and O–H groups in total. The highest BCUT2D eigenvalue weighted by Crippen LogP contribution is 2.35. The Labute approximate surface area is 139 Å². The highest BCUT2D eigenvalue weighted by molar-refractivity contribution is 7.12. The second kappa shape index (κ2) is 5.63. The molecule has 0 atom stereocenters. The fourth-order valence-corrected chi connectivity index (χ4v) is 4.25. The highest BCUT2D eigenvalue weighted by Gasteiger charge is 2.52. The Morgan fingerprint density at radius 1 is 1.35 bits per heavy atom. The number of hydrogen-bond donors (Lipinski definition) is 2. The number of amides is 4. The highest BCUT2D eigenvalue weighted by atomic mass is 32.1. The lowest BCUT2D eigenvalue weighted by molar-refractivity contribution is -0.134. The van der Waals surface area contributed by atoms with Gasteiger partial charge in [0.15, 0.2) is 0 Å². The number of thiophene rings is 1. The van der Waals surface area contributed by atoms with Crippen molar-refractivity contribution in [3.05, 3.63) is 21.4 Å². The second-order valence-electron chi connectivity index (χ2n) is 6.60. The number of nitrogens with one attached hydrogen (secondary N) is 2. The number of hydrazine groups is 1. The van der Waals surface area contributed by atoms with Crippen molar-refractivity contribution >= 4 is 29.2 Å². The summed E-state index contributed by atoms with van der Waals surface area (Å²) in [6.45, 7) is 5.91. The van der Waals surface area contributed by atoms with Gasteiger partial charge in [0.2, 0.25) is 0 Å². The van der Waals surface area contributed by atoms with Gasteiger partial charge in [0.1, 0.15) is 5.54 Å². The van der Waals surface area contributed by atoms with E-state index in [1.165, 1.54) is 11.3 Å². The minimum atomic E-state index is -0.837. The molecular formula is C16H21N3O3S. The Kier molecular flexibility index (Phi) is 3.91. The molecule has 0 unspecified atom stereocenters. The van der Waals surface area contributed by atoms with E-state index in [9.17, 15) is 14.4 Å². The van der Waals surface area contributed by atoms with E-state index in [-0.39, 0.29) is 5.91 Å². The van der Waals surface area contributed by atoms with E-state index in [1.807, 2.05) is 13.8 Å². The Morgan fingerprint density at radius 3 is 2.57 bits per heavy atom. The van der Waals surface area contributed by atoms with Crippen LogP contribution in [-0.2, 0) is 4.79 Å². The number of imide groups is 1. The lowest BCUT2D eigenvalue weighted by atomic mass is 9.77. The maximum Gasteiger partial charge on any atom is 0.344 e. The smallest absolute Gasteiger partial charge is 0.322 e. The maximum atomic E-state index is 12.7. The summed E-state index contributed by atoms with van der Waals surface area (Å²) in [5, 5.41) is 3.64. The third kappa shape index (κ3) is 2.73. The van der Waals surface area contributed by atoms with E-state index in [0.717, 1.165) is 27.6 Å². The monoisotopic (exact) mass is 335 g/mol. The van der Waals surface area contributed by atoms with Crippen LogP contribution in [0, 0.1) is 19.8 Å². The molecule has 1 aromatic rings. The molecule has 6 nitrogen and oxygen atoms in total. The quantitative estimate of drug-likeness (QED) is 0.815. The van der Waals surface area contributed by atoms with Crippen molar-refractivity contribution in [1.29, 1.82) is 0 Å². The van der Waals surface area contributed by atoms with Gasteiger partial charge in [-0.1, -0.05) is 6.92 Å². The lowest BCUT2D eigenvalue weighted by Gasteiger charge is -2.33. The normalized spacial score (nSPS) is 27.4. The standard InChI is InChI=1S/C16H21N3O3S/c1-9-4-6-16(7-5-9)14(21)19(15(22)17-16)18-13(20)12-8-10(2)23-11(12)3/h8-9H,4-7H2,1-3H3,(H,17,22)(H,18,20). The Balaban J connectivity index is 1.76. The summed E-state index contributed by atoms with van der Waals surface area (Å²) >= 11 is 1.51. The molecule has 1 aromatic heterocycles. The van der Waals surface area contributed by atoms with Gasteiger partial charge in [-0.2, -0.15) is 5.01 Å². The molecule has 4 amide bonds. The molecule has 1 saturated carbocycles. The Hall–Kier alpha value is -1.89. The number of rotatable bonds is 2. The predicted octanol–water partition coefficient (Wildman–Crippen LogP) is 2.51. The van der Waals surface area contributed by atoms with E-state index in [2.05, 4.69) is 17.7 Å². The second-order valence-corrected chi connectivity index (χ2v) is 8.06. The van der Waals surface area contributed by atoms with Gasteiger partial charge in [-0.25, -0.2) is 4.79 Å². The van der Waals surface area contributed by atoms with E-state index < -0.39 is 17.5 Å². The van der Waals surface area contributed by atoms with Crippen molar-refractivity contribution in [2.75, 3.05) is 0 Å². The van der Waals surface area contributed by atoms with Gasteiger partial charge < -0.3 is 5.32 Å². The van der Waals surface area contributed by atoms with Crippen LogP contribution in [0.15, 0.2) is 6.07 Å². The molecule has 2 aliphatic rings. The van der Waals surface area contributed by atoms with Crippen LogP contribution in [0.2, 0.25) is 0 Å². The first-order valence-corrected chi connectivity index (χ1v) is 8.69. The SMILES string of the molecule is Cc1cc(C(=O)NN2C(=O)NC3(CCC(C)CC3)C2=O)c(C)s1. The zero-order valence-corrected chi connectivity index (χ0v) is 14.4. The van der Waals surface area contributed by atoms with Crippen LogP contribution in [0.1, 0.15) is 52.7 Å². The summed E-state index contributed by atoms with van der Waals surface area (Å²) in [6, 6.07) is 1.23. The van der Waals surface area contributed by atoms with Crippen LogP contribution in [0.5, 0.6) is 0 Å². The molecule has 0 radical (unpaired) electrons. The molecule has 1 saturated heterocycles. The van der Waals surface area contributed by atoms with Gasteiger partial charge in [0.25, 0.3) is 11.8 Å². The third-order valence-corrected chi connectivity index (χ3v) is 5.75. The predicted molar refractivity (Wildman–Crippen MR) is 87.0 cm³/mol. The van der Waals surface area contributed by atoms with Gasteiger partial charge in [-0.15, -0.1) is 11.3 Å². The van der Waals surface area contributed by atoms with E-state index >= 15 is 0 Å². The van der Waals surface area contributed by atoms with Crippen molar-refractivity contribution in [1.82, 2.24) is 15.8 Å². The molecule has 1 aliphatic carbocycles. The van der Waals surface area contributed by atoms with Crippen molar-refractivity contribution in [2.45, 2.75) is 52.0 Å². The minimum absolute atomic E-state index is 0.340. The molecule has 23 heavy (non-hydrogen) atoms. The van der Waals surface area contributed by atoms with Gasteiger partial charge in [0, 0.05) is 9.75 Å². The van der Waals surface area contributed by atoms with Crippen LogP contribution in [0.25, 0.3) is 0 Å². The number of carbonyl (C=O) groups is 3. The molecule has 0 aromatic carbocycles. The molecule has 2 heterocycles. The number of nitrogens with zero attached hydrogens (tertiary/aromatic N) is 1. The zero-order valence-electron chi connectivity index (χ0n) is 13.6. The number of aryl methyl sites for hydroxylation is 2. The number of carbonyl (C=O) groups excluding carboxylic acids is 3. The molecule has 124 valence electrons. The minimum Gasteiger partial charge on any atom is -0.322 e. The van der Waals surface area contributed by atoms with Crippen LogP contribution < -0.4 is 10.7 Å².